The Balaban J connectivity index is 2.38. The Kier molecular flexibility index (Phi) is 5.26. The number of amides is 2. The maximum Gasteiger partial charge on any atom is 0.304 e. The van der Waals surface area contributed by atoms with E-state index in [9.17, 15) is 19.5 Å². The van der Waals surface area contributed by atoms with Gasteiger partial charge in [-0.25, -0.2) is 0 Å². The molecule has 0 saturated carbocycles. The summed E-state index contributed by atoms with van der Waals surface area (Å²) in [5, 5.41) is 9.30. The van der Waals surface area contributed by atoms with E-state index in [1.165, 1.54) is 12.0 Å². The molecule has 0 radical (unpaired) electrons. The van der Waals surface area contributed by atoms with Gasteiger partial charge in [0.1, 0.15) is 5.75 Å². The van der Waals surface area contributed by atoms with Crippen LogP contribution >= 0.6 is 0 Å². The third-order valence-electron chi connectivity index (χ3n) is 4.43. The van der Waals surface area contributed by atoms with Crippen LogP contribution in [0.1, 0.15) is 38.7 Å². The molecule has 1 saturated heterocycles. The maximum atomic E-state index is 13.0. The molecule has 0 aliphatic carbocycles. The van der Waals surface area contributed by atoms with Crippen LogP contribution in [-0.2, 0) is 19.8 Å². The van der Waals surface area contributed by atoms with Gasteiger partial charge in [0.25, 0.3) is 0 Å². The normalized spacial score (nSPS) is 20.8. The van der Waals surface area contributed by atoms with Crippen molar-refractivity contribution in [3.05, 3.63) is 29.8 Å². The molecule has 1 aliphatic heterocycles. The summed E-state index contributed by atoms with van der Waals surface area (Å²) in [4.78, 5) is 37.9. The fourth-order valence-electron chi connectivity index (χ4n) is 3.05. The zero-order chi connectivity index (χ0) is 17.9. The first-order valence-electron chi connectivity index (χ1n) is 8.01. The number of hydrogen-bond donors (Lipinski definition) is 1. The molecule has 0 aromatic heterocycles. The SMILES string of the molecule is COc1ccc(C2(CC(=O)O)CC(=O)N(CCC(C)C)C2=O)cc1. The molecule has 1 N–H and O–H groups in total. The Morgan fingerprint density at radius 1 is 1.29 bits per heavy atom. The average molecular weight is 333 g/mol. The minimum atomic E-state index is -1.33. The van der Waals surface area contributed by atoms with Crippen LogP contribution in [0.2, 0.25) is 0 Å². The van der Waals surface area contributed by atoms with Crippen LogP contribution in [0.15, 0.2) is 24.3 Å². The molecule has 6 heteroatoms. The van der Waals surface area contributed by atoms with Crippen molar-refractivity contribution in [2.75, 3.05) is 13.7 Å². The number of aliphatic carboxylic acids is 1. The van der Waals surface area contributed by atoms with E-state index < -0.39 is 23.7 Å². The summed E-state index contributed by atoms with van der Waals surface area (Å²) in [7, 11) is 1.53. The molecule has 1 aliphatic rings. The summed E-state index contributed by atoms with van der Waals surface area (Å²) in [6.07, 6.45) is 0.188. The lowest BCUT2D eigenvalue weighted by Gasteiger charge is -2.26. The lowest BCUT2D eigenvalue weighted by Crippen LogP contribution is -2.40. The van der Waals surface area contributed by atoms with Crippen LogP contribution in [0.4, 0.5) is 0 Å². The molecule has 1 atom stereocenters. The number of carbonyl (C=O) groups excluding carboxylic acids is 2. The fraction of sp³-hybridized carbons (Fsp3) is 0.500. The maximum absolute atomic E-state index is 13.0. The third kappa shape index (κ3) is 3.42. The predicted octanol–water partition coefficient (Wildman–Crippen LogP) is 2.21. The molecule has 24 heavy (non-hydrogen) atoms. The van der Waals surface area contributed by atoms with Crippen LogP contribution in [0, 0.1) is 5.92 Å². The molecular formula is C18H23NO5. The Morgan fingerprint density at radius 3 is 2.42 bits per heavy atom. The second kappa shape index (κ2) is 7.03. The topological polar surface area (TPSA) is 83.9 Å². The zero-order valence-electron chi connectivity index (χ0n) is 14.2. The molecule has 130 valence electrons. The smallest absolute Gasteiger partial charge is 0.304 e. The fourth-order valence-corrected chi connectivity index (χ4v) is 3.05. The van der Waals surface area contributed by atoms with Crippen LogP contribution in [0.5, 0.6) is 5.75 Å². The highest BCUT2D eigenvalue weighted by molar-refractivity contribution is 6.10. The van der Waals surface area contributed by atoms with Crippen molar-refractivity contribution >= 4 is 17.8 Å². The molecule has 6 nitrogen and oxygen atoms in total. The second-order valence-electron chi connectivity index (χ2n) is 6.59. The van der Waals surface area contributed by atoms with Crippen molar-refractivity contribution in [2.45, 2.75) is 38.5 Å². The number of imide groups is 1. The number of ether oxygens (including phenoxy) is 1. The molecule has 1 unspecified atom stereocenters. The highest BCUT2D eigenvalue weighted by Crippen LogP contribution is 2.40. The van der Waals surface area contributed by atoms with Crippen LogP contribution < -0.4 is 4.74 Å². The number of nitrogens with zero attached hydrogens (tertiary/aromatic N) is 1. The number of hydrogen-bond acceptors (Lipinski definition) is 4. The minimum absolute atomic E-state index is 0.109. The third-order valence-corrected chi connectivity index (χ3v) is 4.43. The number of likely N-dealkylation sites (tertiary alicyclic amines) is 1. The molecule has 1 heterocycles. The Labute approximate surface area is 141 Å². The van der Waals surface area contributed by atoms with Crippen molar-refractivity contribution in [3.63, 3.8) is 0 Å². The summed E-state index contributed by atoms with van der Waals surface area (Å²) in [6, 6.07) is 6.68. The molecule has 1 fully saturated rings. The van der Waals surface area contributed by atoms with Crippen LogP contribution in [-0.4, -0.2) is 41.4 Å². The van der Waals surface area contributed by atoms with E-state index in [2.05, 4.69) is 0 Å². The van der Waals surface area contributed by atoms with Crippen molar-refractivity contribution in [1.29, 1.82) is 0 Å². The predicted molar refractivity (Wildman–Crippen MR) is 87.7 cm³/mol. The summed E-state index contributed by atoms with van der Waals surface area (Å²) < 4.78 is 5.10. The minimum Gasteiger partial charge on any atom is -0.497 e. The van der Waals surface area contributed by atoms with Gasteiger partial charge >= 0.3 is 5.97 Å². The number of carboxylic acids is 1. The van der Waals surface area contributed by atoms with Gasteiger partial charge in [-0.15, -0.1) is 0 Å². The first-order valence-corrected chi connectivity index (χ1v) is 8.01. The van der Waals surface area contributed by atoms with Gasteiger partial charge in [0.05, 0.1) is 18.9 Å². The first kappa shape index (κ1) is 18.0. The van der Waals surface area contributed by atoms with E-state index in [1.54, 1.807) is 24.3 Å². The van der Waals surface area contributed by atoms with E-state index in [0.29, 0.717) is 30.2 Å². The summed E-state index contributed by atoms with van der Waals surface area (Å²) >= 11 is 0. The van der Waals surface area contributed by atoms with Gasteiger partial charge in [0, 0.05) is 13.0 Å². The second-order valence-corrected chi connectivity index (χ2v) is 6.59. The van der Waals surface area contributed by atoms with E-state index in [4.69, 9.17) is 4.74 Å². The number of methoxy groups -OCH3 is 1. The monoisotopic (exact) mass is 333 g/mol. The van der Waals surface area contributed by atoms with E-state index in [0.717, 1.165) is 0 Å². The zero-order valence-corrected chi connectivity index (χ0v) is 14.2. The Morgan fingerprint density at radius 2 is 1.92 bits per heavy atom. The Hall–Kier alpha value is -2.37. The van der Waals surface area contributed by atoms with Gasteiger partial charge in [0.2, 0.25) is 11.8 Å². The molecule has 2 rings (SSSR count). The van der Waals surface area contributed by atoms with Gasteiger partial charge in [-0.1, -0.05) is 26.0 Å². The quantitative estimate of drug-likeness (QED) is 0.774. The summed E-state index contributed by atoms with van der Waals surface area (Å²) in [6.45, 7) is 4.35. The number of carboxylic acid groups (broad SMARTS) is 1. The largest absolute Gasteiger partial charge is 0.497 e. The summed E-state index contributed by atoms with van der Waals surface area (Å²) in [5.74, 6) is -0.866. The van der Waals surface area contributed by atoms with E-state index in [1.807, 2.05) is 13.8 Å². The van der Waals surface area contributed by atoms with Crippen molar-refractivity contribution in [2.24, 2.45) is 5.92 Å². The van der Waals surface area contributed by atoms with E-state index >= 15 is 0 Å². The van der Waals surface area contributed by atoms with Crippen molar-refractivity contribution < 1.29 is 24.2 Å². The van der Waals surface area contributed by atoms with Gasteiger partial charge in [-0.05, 0) is 30.0 Å². The summed E-state index contributed by atoms with van der Waals surface area (Å²) in [5.41, 5.74) is -0.789. The van der Waals surface area contributed by atoms with Crippen LogP contribution in [0.25, 0.3) is 0 Å². The molecule has 1 aromatic carbocycles. The van der Waals surface area contributed by atoms with Gasteiger partial charge in [0.15, 0.2) is 0 Å². The van der Waals surface area contributed by atoms with Gasteiger partial charge in [-0.2, -0.15) is 0 Å². The molecular weight excluding hydrogens is 310 g/mol. The molecule has 0 spiro atoms. The molecule has 0 bridgehead atoms. The van der Waals surface area contributed by atoms with E-state index in [-0.39, 0.29) is 12.3 Å². The van der Waals surface area contributed by atoms with Crippen LogP contribution in [0.3, 0.4) is 0 Å². The number of carbonyl (C=O) groups is 3. The van der Waals surface area contributed by atoms with Gasteiger partial charge in [-0.3, -0.25) is 19.3 Å². The number of benzene rings is 1. The van der Waals surface area contributed by atoms with Gasteiger partial charge < -0.3 is 9.84 Å². The molecule has 2 amide bonds. The average Bonchev–Trinajstić information content (AvgIpc) is 2.76. The standard InChI is InChI=1S/C18H23NO5/c1-12(2)8-9-19-15(20)10-18(17(19)23,11-16(21)22)13-4-6-14(24-3)7-5-13/h4-7,12H,8-11H2,1-3H3,(H,21,22). The first-order chi connectivity index (χ1) is 11.3. The molecule has 1 aromatic rings. The number of rotatable bonds is 7. The van der Waals surface area contributed by atoms with Crippen molar-refractivity contribution in [1.82, 2.24) is 4.90 Å². The Bertz CT molecular complexity index is 637. The highest BCUT2D eigenvalue weighted by Gasteiger charge is 2.53. The lowest BCUT2D eigenvalue weighted by atomic mass is 9.76. The van der Waals surface area contributed by atoms with Crippen molar-refractivity contribution in [3.8, 4) is 5.75 Å². The lowest BCUT2D eigenvalue weighted by molar-refractivity contribution is -0.145. The highest BCUT2D eigenvalue weighted by atomic mass is 16.5.